The summed E-state index contributed by atoms with van der Waals surface area (Å²) in [6, 6.07) is 8.80. The van der Waals surface area contributed by atoms with Crippen LogP contribution in [0.2, 0.25) is 0 Å². The molecule has 0 aliphatic carbocycles. The zero-order valence-electron chi connectivity index (χ0n) is 12.3. The Kier molecular flexibility index (Phi) is 4.97. The Morgan fingerprint density at radius 1 is 1.10 bits per heavy atom. The van der Waals surface area contributed by atoms with E-state index in [0.717, 1.165) is 31.9 Å². The maximum Gasteiger partial charge on any atom is 0.0544 e. The highest BCUT2D eigenvalue weighted by molar-refractivity contribution is 5.05. The molecule has 0 spiro atoms. The van der Waals surface area contributed by atoms with Crippen molar-refractivity contribution < 1.29 is 0 Å². The van der Waals surface area contributed by atoms with E-state index in [1.807, 2.05) is 18.5 Å². The van der Waals surface area contributed by atoms with Gasteiger partial charge in [0.05, 0.1) is 5.69 Å². The van der Waals surface area contributed by atoms with E-state index < -0.39 is 0 Å². The second kappa shape index (κ2) is 7.33. The van der Waals surface area contributed by atoms with Gasteiger partial charge in [-0.2, -0.15) is 5.10 Å². The normalized spacial score (nSPS) is 19.6. The molecule has 21 heavy (non-hydrogen) atoms. The van der Waals surface area contributed by atoms with E-state index in [4.69, 9.17) is 0 Å². The second-order valence-electron chi connectivity index (χ2n) is 5.64. The molecule has 0 aromatic carbocycles. The highest BCUT2D eigenvalue weighted by atomic mass is 15.2. The van der Waals surface area contributed by atoms with Gasteiger partial charge in [0.15, 0.2) is 0 Å². The van der Waals surface area contributed by atoms with Crippen molar-refractivity contribution in [3.8, 4) is 0 Å². The molecule has 112 valence electrons. The van der Waals surface area contributed by atoms with E-state index in [0.29, 0.717) is 6.04 Å². The van der Waals surface area contributed by atoms with Gasteiger partial charge in [0.1, 0.15) is 0 Å². The van der Waals surface area contributed by atoms with Gasteiger partial charge in [0, 0.05) is 37.2 Å². The van der Waals surface area contributed by atoms with E-state index in [2.05, 4.69) is 43.6 Å². The van der Waals surface area contributed by atoms with Crippen molar-refractivity contribution in [3.63, 3.8) is 0 Å². The SMILES string of the molecule is c1ccc(CN(Cc2ccn[nH]2)[C@@H]2CCCNCC2)nc1. The first-order chi connectivity index (χ1) is 10.4. The standard InChI is InChI=1S/C16H23N5/c1-2-9-18-14(4-1)12-21(13-15-6-11-19-20-15)16-5-3-8-17-10-7-16/h1-2,4,6,9,11,16-17H,3,5,7-8,10,12-13H2,(H,19,20)/t16-/m1/s1. The highest BCUT2D eigenvalue weighted by Gasteiger charge is 2.21. The third kappa shape index (κ3) is 4.12. The lowest BCUT2D eigenvalue weighted by atomic mass is 10.1. The average Bonchev–Trinajstić information content (AvgIpc) is 2.87. The van der Waals surface area contributed by atoms with Gasteiger partial charge < -0.3 is 5.32 Å². The average molecular weight is 285 g/mol. The van der Waals surface area contributed by atoms with Gasteiger partial charge in [-0.3, -0.25) is 15.0 Å². The summed E-state index contributed by atoms with van der Waals surface area (Å²) in [6.07, 6.45) is 7.38. The Morgan fingerprint density at radius 2 is 2.10 bits per heavy atom. The number of hydrogen-bond donors (Lipinski definition) is 2. The summed E-state index contributed by atoms with van der Waals surface area (Å²) < 4.78 is 0. The van der Waals surface area contributed by atoms with Gasteiger partial charge >= 0.3 is 0 Å². The number of aromatic amines is 1. The molecule has 5 nitrogen and oxygen atoms in total. The number of H-pyrrole nitrogens is 1. The topological polar surface area (TPSA) is 56.8 Å². The lowest BCUT2D eigenvalue weighted by Crippen LogP contribution is -2.35. The number of rotatable bonds is 5. The van der Waals surface area contributed by atoms with Gasteiger partial charge in [0.25, 0.3) is 0 Å². The number of nitrogens with zero attached hydrogens (tertiary/aromatic N) is 3. The molecule has 0 radical (unpaired) electrons. The first kappa shape index (κ1) is 14.2. The van der Waals surface area contributed by atoms with Gasteiger partial charge in [-0.25, -0.2) is 0 Å². The van der Waals surface area contributed by atoms with Crippen molar-refractivity contribution in [2.75, 3.05) is 13.1 Å². The summed E-state index contributed by atoms with van der Waals surface area (Å²) >= 11 is 0. The molecule has 2 aromatic rings. The summed E-state index contributed by atoms with van der Waals surface area (Å²) in [5.41, 5.74) is 2.30. The molecular weight excluding hydrogens is 262 g/mol. The molecule has 0 amide bonds. The van der Waals surface area contributed by atoms with E-state index in [-0.39, 0.29) is 0 Å². The monoisotopic (exact) mass is 285 g/mol. The van der Waals surface area contributed by atoms with Crippen LogP contribution in [0.3, 0.4) is 0 Å². The second-order valence-corrected chi connectivity index (χ2v) is 5.64. The Bertz CT molecular complexity index is 503. The summed E-state index contributed by atoms with van der Waals surface area (Å²) in [4.78, 5) is 7.01. The predicted molar refractivity (Wildman–Crippen MR) is 82.6 cm³/mol. The first-order valence-corrected chi connectivity index (χ1v) is 7.75. The number of pyridine rings is 1. The van der Waals surface area contributed by atoms with Gasteiger partial charge in [0.2, 0.25) is 0 Å². The van der Waals surface area contributed by atoms with Crippen LogP contribution in [0, 0.1) is 0 Å². The van der Waals surface area contributed by atoms with Gasteiger partial charge in [-0.1, -0.05) is 6.07 Å². The maximum atomic E-state index is 4.48. The first-order valence-electron chi connectivity index (χ1n) is 7.75. The fourth-order valence-corrected chi connectivity index (χ4v) is 2.97. The molecule has 0 saturated carbocycles. The summed E-state index contributed by atoms with van der Waals surface area (Å²) in [6.45, 7) is 4.04. The van der Waals surface area contributed by atoms with Crippen LogP contribution < -0.4 is 5.32 Å². The zero-order chi connectivity index (χ0) is 14.3. The van der Waals surface area contributed by atoms with Crippen molar-refractivity contribution in [2.24, 2.45) is 0 Å². The minimum absolute atomic E-state index is 0.602. The molecule has 3 heterocycles. The lowest BCUT2D eigenvalue weighted by molar-refractivity contribution is 0.160. The van der Waals surface area contributed by atoms with Crippen LogP contribution in [-0.2, 0) is 13.1 Å². The third-order valence-corrected chi connectivity index (χ3v) is 4.08. The molecule has 0 unspecified atom stereocenters. The highest BCUT2D eigenvalue weighted by Crippen LogP contribution is 2.18. The largest absolute Gasteiger partial charge is 0.317 e. The molecule has 1 saturated heterocycles. The minimum atomic E-state index is 0.602. The number of hydrogen-bond acceptors (Lipinski definition) is 4. The Hall–Kier alpha value is -1.72. The molecular formula is C16H23N5. The number of nitrogens with one attached hydrogen (secondary N) is 2. The van der Waals surface area contributed by atoms with Crippen molar-refractivity contribution in [2.45, 2.75) is 38.4 Å². The quantitative estimate of drug-likeness (QED) is 0.881. The molecule has 0 bridgehead atoms. The minimum Gasteiger partial charge on any atom is -0.317 e. The third-order valence-electron chi connectivity index (χ3n) is 4.08. The fraction of sp³-hybridized carbons (Fsp3) is 0.500. The van der Waals surface area contributed by atoms with Crippen LogP contribution in [0.15, 0.2) is 36.7 Å². The Labute approximate surface area is 125 Å². The van der Waals surface area contributed by atoms with Crippen molar-refractivity contribution in [3.05, 3.63) is 48.0 Å². The lowest BCUT2D eigenvalue weighted by Gasteiger charge is -2.30. The number of aromatic nitrogens is 3. The Morgan fingerprint density at radius 3 is 2.90 bits per heavy atom. The van der Waals surface area contributed by atoms with Crippen molar-refractivity contribution >= 4 is 0 Å². The molecule has 3 rings (SSSR count). The zero-order valence-corrected chi connectivity index (χ0v) is 12.3. The molecule has 1 atom stereocenters. The van der Waals surface area contributed by atoms with Crippen molar-refractivity contribution in [1.29, 1.82) is 0 Å². The Balaban J connectivity index is 1.72. The van der Waals surface area contributed by atoms with Crippen LogP contribution >= 0.6 is 0 Å². The fourth-order valence-electron chi connectivity index (χ4n) is 2.97. The molecule has 2 aromatic heterocycles. The molecule has 5 heteroatoms. The molecule has 2 N–H and O–H groups in total. The predicted octanol–water partition coefficient (Wildman–Crippen LogP) is 1.95. The van der Waals surface area contributed by atoms with E-state index in [1.165, 1.54) is 25.0 Å². The summed E-state index contributed by atoms with van der Waals surface area (Å²) in [5.74, 6) is 0. The van der Waals surface area contributed by atoms with Gasteiger partial charge in [-0.05, 0) is 50.6 Å². The van der Waals surface area contributed by atoms with E-state index in [9.17, 15) is 0 Å². The van der Waals surface area contributed by atoms with Crippen LogP contribution in [0.4, 0.5) is 0 Å². The van der Waals surface area contributed by atoms with E-state index >= 15 is 0 Å². The van der Waals surface area contributed by atoms with Crippen LogP contribution in [0.5, 0.6) is 0 Å². The summed E-state index contributed by atoms with van der Waals surface area (Å²) in [5, 5.41) is 10.6. The molecule has 1 fully saturated rings. The molecule has 1 aliphatic heterocycles. The molecule has 1 aliphatic rings. The van der Waals surface area contributed by atoms with Crippen LogP contribution in [-0.4, -0.2) is 39.2 Å². The maximum absolute atomic E-state index is 4.48. The van der Waals surface area contributed by atoms with Crippen molar-refractivity contribution in [1.82, 2.24) is 25.4 Å². The van der Waals surface area contributed by atoms with Crippen LogP contribution in [0.25, 0.3) is 0 Å². The smallest absolute Gasteiger partial charge is 0.0544 e. The van der Waals surface area contributed by atoms with E-state index in [1.54, 1.807) is 0 Å². The summed E-state index contributed by atoms with van der Waals surface area (Å²) in [7, 11) is 0. The van der Waals surface area contributed by atoms with Gasteiger partial charge in [-0.15, -0.1) is 0 Å². The van der Waals surface area contributed by atoms with Crippen LogP contribution in [0.1, 0.15) is 30.7 Å².